The van der Waals surface area contributed by atoms with Gasteiger partial charge in [0.1, 0.15) is 5.75 Å². The fraction of sp³-hybridized carbons (Fsp3) is 0.188. The number of aliphatic hydroxyl groups is 1. The molecule has 1 N–H and O–H groups in total. The highest BCUT2D eigenvalue weighted by Crippen LogP contribution is 2.26. The van der Waals surface area contributed by atoms with Gasteiger partial charge in [-0.1, -0.05) is 18.2 Å². The molecule has 0 aliphatic rings. The molecule has 0 radical (unpaired) electrons. The number of ether oxygens (including phenoxy) is 1. The Kier molecular flexibility index (Phi) is 3.67. The lowest BCUT2D eigenvalue weighted by Crippen LogP contribution is -2.00. The van der Waals surface area contributed by atoms with E-state index in [1.807, 2.05) is 36.4 Å². The molecular weight excluding hydrogens is 270 g/mol. The summed E-state index contributed by atoms with van der Waals surface area (Å²) in [6.07, 6.45) is 1.91. The molecule has 0 amide bonds. The first-order valence-electron chi connectivity index (χ1n) is 6.39. The van der Waals surface area contributed by atoms with Gasteiger partial charge in [-0.05, 0) is 34.5 Å². The van der Waals surface area contributed by atoms with Gasteiger partial charge < -0.3 is 9.84 Å². The Bertz CT molecular complexity index is 710. The maximum Gasteiger partial charge on any atom is 0.119 e. The van der Waals surface area contributed by atoms with Crippen molar-refractivity contribution in [2.75, 3.05) is 7.11 Å². The largest absolute Gasteiger partial charge is 0.497 e. The van der Waals surface area contributed by atoms with Crippen LogP contribution in [0.5, 0.6) is 5.75 Å². The van der Waals surface area contributed by atoms with Gasteiger partial charge in [-0.15, -0.1) is 11.3 Å². The summed E-state index contributed by atoms with van der Waals surface area (Å²) in [5.41, 5.74) is 2.71. The normalized spacial score (nSPS) is 12.5. The van der Waals surface area contributed by atoms with Crippen LogP contribution in [0.15, 0.2) is 48.1 Å². The summed E-state index contributed by atoms with van der Waals surface area (Å²) in [5, 5.41) is 12.5. The van der Waals surface area contributed by atoms with Crippen molar-refractivity contribution >= 4 is 22.1 Å². The molecule has 1 atom stereocenters. The van der Waals surface area contributed by atoms with Gasteiger partial charge in [0.25, 0.3) is 0 Å². The van der Waals surface area contributed by atoms with Crippen LogP contribution in [0, 0.1) is 0 Å². The number of benzene rings is 2. The Morgan fingerprint density at radius 3 is 2.75 bits per heavy atom. The number of methoxy groups -OCH3 is 1. The van der Waals surface area contributed by atoms with E-state index in [2.05, 4.69) is 4.98 Å². The van der Waals surface area contributed by atoms with E-state index < -0.39 is 6.10 Å². The van der Waals surface area contributed by atoms with E-state index in [9.17, 15) is 5.11 Å². The third kappa shape index (κ3) is 2.66. The molecule has 1 unspecified atom stereocenters. The van der Waals surface area contributed by atoms with Crippen LogP contribution < -0.4 is 4.74 Å². The van der Waals surface area contributed by atoms with Crippen molar-refractivity contribution in [2.24, 2.45) is 0 Å². The summed E-state index contributed by atoms with van der Waals surface area (Å²) >= 11 is 1.57. The smallest absolute Gasteiger partial charge is 0.119 e. The Balaban J connectivity index is 1.88. The predicted octanol–water partition coefficient (Wildman–Crippen LogP) is 3.58. The topological polar surface area (TPSA) is 42.4 Å². The lowest BCUT2D eigenvalue weighted by molar-refractivity contribution is 0.179. The number of aromatic nitrogens is 1. The highest BCUT2D eigenvalue weighted by molar-refractivity contribution is 7.09. The van der Waals surface area contributed by atoms with Crippen LogP contribution in [0.1, 0.15) is 16.5 Å². The van der Waals surface area contributed by atoms with Gasteiger partial charge in [-0.2, -0.15) is 0 Å². The molecule has 0 aliphatic carbocycles. The van der Waals surface area contributed by atoms with Crippen LogP contribution >= 0.6 is 11.3 Å². The standard InChI is InChI=1S/C16H15NO2S/c1-19-14-5-4-11-6-13(3-2-12(11)7-14)16(18)8-15-9-17-10-20-15/h2-7,9-10,16,18H,8H2,1H3. The second kappa shape index (κ2) is 5.61. The third-order valence-corrected chi connectivity index (χ3v) is 4.14. The number of thiazole rings is 1. The quantitative estimate of drug-likeness (QED) is 0.796. The van der Waals surface area contributed by atoms with Crippen molar-refractivity contribution < 1.29 is 9.84 Å². The molecule has 0 aliphatic heterocycles. The molecule has 4 heteroatoms. The zero-order valence-electron chi connectivity index (χ0n) is 11.1. The van der Waals surface area contributed by atoms with Crippen molar-refractivity contribution in [1.29, 1.82) is 0 Å². The van der Waals surface area contributed by atoms with Crippen LogP contribution in [0.25, 0.3) is 10.8 Å². The molecule has 3 rings (SSSR count). The number of fused-ring (bicyclic) bond motifs is 1. The first kappa shape index (κ1) is 13.1. The molecule has 0 bridgehead atoms. The molecule has 20 heavy (non-hydrogen) atoms. The second-order valence-electron chi connectivity index (χ2n) is 4.66. The first-order chi connectivity index (χ1) is 9.76. The van der Waals surface area contributed by atoms with Gasteiger partial charge in [0, 0.05) is 17.5 Å². The lowest BCUT2D eigenvalue weighted by atomic mass is 10.0. The predicted molar refractivity (Wildman–Crippen MR) is 81.3 cm³/mol. The Labute approximate surface area is 121 Å². The van der Waals surface area contributed by atoms with Crippen molar-refractivity contribution in [3.8, 4) is 5.75 Å². The maximum atomic E-state index is 10.3. The van der Waals surface area contributed by atoms with Gasteiger partial charge in [0.2, 0.25) is 0 Å². The van der Waals surface area contributed by atoms with Gasteiger partial charge in [-0.25, -0.2) is 0 Å². The molecule has 102 valence electrons. The number of hydrogen-bond acceptors (Lipinski definition) is 4. The molecule has 0 saturated heterocycles. The molecule has 1 aromatic heterocycles. The fourth-order valence-electron chi connectivity index (χ4n) is 2.23. The monoisotopic (exact) mass is 285 g/mol. The summed E-state index contributed by atoms with van der Waals surface area (Å²) in [7, 11) is 1.66. The molecular formula is C16H15NO2S. The number of rotatable bonds is 4. The van der Waals surface area contributed by atoms with Gasteiger partial charge in [-0.3, -0.25) is 4.98 Å². The zero-order valence-corrected chi connectivity index (χ0v) is 11.9. The van der Waals surface area contributed by atoms with Crippen molar-refractivity contribution in [3.05, 3.63) is 58.5 Å². The van der Waals surface area contributed by atoms with E-state index in [-0.39, 0.29) is 0 Å². The van der Waals surface area contributed by atoms with Crippen molar-refractivity contribution in [3.63, 3.8) is 0 Å². The molecule has 1 heterocycles. The van der Waals surface area contributed by atoms with E-state index >= 15 is 0 Å². The minimum absolute atomic E-state index is 0.498. The summed E-state index contributed by atoms with van der Waals surface area (Å²) in [4.78, 5) is 5.12. The van der Waals surface area contributed by atoms with Gasteiger partial charge >= 0.3 is 0 Å². The van der Waals surface area contributed by atoms with E-state index in [1.165, 1.54) is 0 Å². The first-order valence-corrected chi connectivity index (χ1v) is 7.27. The average Bonchev–Trinajstić information content (AvgIpc) is 2.99. The summed E-state index contributed by atoms with van der Waals surface area (Å²) in [6.45, 7) is 0. The Hall–Kier alpha value is -1.91. The Morgan fingerprint density at radius 1 is 1.20 bits per heavy atom. The van der Waals surface area contributed by atoms with Crippen LogP contribution in [-0.2, 0) is 6.42 Å². The van der Waals surface area contributed by atoms with E-state index in [4.69, 9.17) is 4.74 Å². The maximum absolute atomic E-state index is 10.3. The van der Waals surface area contributed by atoms with E-state index in [1.54, 1.807) is 30.2 Å². The highest BCUT2D eigenvalue weighted by atomic mass is 32.1. The number of aliphatic hydroxyl groups excluding tert-OH is 1. The minimum atomic E-state index is -0.498. The fourth-order valence-corrected chi connectivity index (χ4v) is 2.86. The van der Waals surface area contributed by atoms with Gasteiger partial charge in [0.15, 0.2) is 0 Å². The lowest BCUT2D eigenvalue weighted by Gasteiger charge is -2.11. The molecule has 0 saturated carbocycles. The van der Waals surface area contributed by atoms with E-state index in [0.717, 1.165) is 27.0 Å². The average molecular weight is 285 g/mol. The second-order valence-corrected chi connectivity index (χ2v) is 5.63. The number of nitrogens with zero attached hydrogens (tertiary/aromatic N) is 1. The SMILES string of the molecule is COc1ccc2cc(C(O)Cc3cncs3)ccc2c1. The minimum Gasteiger partial charge on any atom is -0.497 e. The van der Waals surface area contributed by atoms with Crippen LogP contribution in [0.3, 0.4) is 0 Å². The highest BCUT2D eigenvalue weighted by Gasteiger charge is 2.10. The summed E-state index contributed by atoms with van der Waals surface area (Å²) in [5.74, 6) is 0.843. The van der Waals surface area contributed by atoms with Crippen LogP contribution in [0.4, 0.5) is 0 Å². The van der Waals surface area contributed by atoms with E-state index in [0.29, 0.717) is 6.42 Å². The number of hydrogen-bond donors (Lipinski definition) is 1. The van der Waals surface area contributed by atoms with Crippen LogP contribution in [-0.4, -0.2) is 17.2 Å². The van der Waals surface area contributed by atoms with Crippen molar-refractivity contribution in [1.82, 2.24) is 4.98 Å². The Morgan fingerprint density at radius 2 is 2.00 bits per heavy atom. The molecule has 0 fully saturated rings. The molecule has 3 nitrogen and oxygen atoms in total. The molecule has 2 aromatic carbocycles. The zero-order chi connectivity index (χ0) is 13.9. The summed E-state index contributed by atoms with van der Waals surface area (Å²) in [6, 6.07) is 11.9. The molecule has 3 aromatic rings. The summed E-state index contributed by atoms with van der Waals surface area (Å²) < 4.78 is 5.22. The van der Waals surface area contributed by atoms with Gasteiger partial charge in [0.05, 0.1) is 18.7 Å². The van der Waals surface area contributed by atoms with Crippen molar-refractivity contribution in [2.45, 2.75) is 12.5 Å². The van der Waals surface area contributed by atoms with Crippen LogP contribution in [0.2, 0.25) is 0 Å². The molecule has 0 spiro atoms. The third-order valence-electron chi connectivity index (χ3n) is 3.33.